The predicted octanol–water partition coefficient (Wildman–Crippen LogP) is 1.05. The van der Waals surface area contributed by atoms with Crippen molar-refractivity contribution in [2.24, 2.45) is 5.84 Å². The molecular formula is C10H8BrN9S. The van der Waals surface area contributed by atoms with E-state index in [0.717, 1.165) is 9.50 Å². The van der Waals surface area contributed by atoms with Gasteiger partial charge in [-0.2, -0.15) is 24.7 Å². The van der Waals surface area contributed by atoms with Crippen molar-refractivity contribution < 1.29 is 0 Å². The lowest BCUT2D eigenvalue weighted by Crippen LogP contribution is -2.14. The maximum atomic E-state index is 5.38. The molecule has 3 aromatic heterocycles. The Morgan fingerprint density at radius 1 is 1.29 bits per heavy atom. The molecule has 0 bridgehead atoms. The van der Waals surface area contributed by atoms with E-state index in [1.54, 1.807) is 6.20 Å². The fourth-order valence-electron chi connectivity index (χ4n) is 1.40. The van der Waals surface area contributed by atoms with Gasteiger partial charge in [-0.25, -0.2) is 15.8 Å². The van der Waals surface area contributed by atoms with Crippen molar-refractivity contribution in [3.8, 4) is 5.95 Å². The number of nitrogen functional groups attached to an aromatic ring is 1. The second-order valence-electron chi connectivity index (χ2n) is 3.62. The third-order valence-electron chi connectivity index (χ3n) is 2.27. The Kier molecular flexibility index (Phi) is 4.03. The molecule has 3 aromatic rings. The lowest BCUT2D eigenvalue weighted by atomic mass is 10.5. The van der Waals surface area contributed by atoms with Gasteiger partial charge in [0, 0.05) is 6.20 Å². The van der Waals surface area contributed by atoms with Crippen LogP contribution in [0.15, 0.2) is 45.6 Å². The second-order valence-corrected chi connectivity index (χ2v) is 5.43. The molecule has 0 aliphatic heterocycles. The molecule has 106 valence electrons. The fraction of sp³-hybridized carbons (Fsp3) is 0. The minimum absolute atomic E-state index is 0.227. The van der Waals surface area contributed by atoms with Crippen molar-refractivity contribution in [1.82, 2.24) is 34.7 Å². The van der Waals surface area contributed by atoms with Crippen LogP contribution in [0, 0.1) is 0 Å². The Morgan fingerprint density at radius 3 is 2.90 bits per heavy atom. The van der Waals surface area contributed by atoms with Crippen LogP contribution < -0.4 is 11.3 Å². The molecule has 0 amide bonds. The van der Waals surface area contributed by atoms with E-state index < -0.39 is 0 Å². The molecule has 11 heteroatoms. The highest BCUT2D eigenvalue weighted by molar-refractivity contribution is 9.10. The third kappa shape index (κ3) is 3.15. The van der Waals surface area contributed by atoms with Crippen molar-refractivity contribution in [3.63, 3.8) is 0 Å². The highest BCUT2D eigenvalue weighted by atomic mass is 79.9. The van der Waals surface area contributed by atoms with E-state index in [9.17, 15) is 0 Å². The SMILES string of the molecule is NNc1nc(Sc2ncccc2Br)nc(-n2cncn2)n1. The molecule has 3 heterocycles. The summed E-state index contributed by atoms with van der Waals surface area (Å²) in [6.45, 7) is 0. The summed E-state index contributed by atoms with van der Waals surface area (Å²) in [5, 5.41) is 5.14. The Balaban J connectivity index is 1.99. The molecular weight excluding hydrogens is 358 g/mol. The van der Waals surface area contributed by atoms with Crippen LogP contribution >= 0.6 is 27.7 Å². The quantitative estimate of drug-likeness (QED) is 0.515. The Bertz CT molecular complexity index is 748. The summed E-state index contributed by atoms with van der Waals surface area (Å²) in [6.07, 6.45) is 4.57. The lowest BCUT2D eigenvalue weighted by molar-refractivity contribution is 0.759. The molecule has 21 heavy (non-hydrogen) atoms. The Morgan fingerprint density at radius 2 is 2.19 bits per heavy atom. The van der Waals surface area contributed by atoms with Gasteiger partial charge >= 0.3 is 0 Å². The zero-order valence-corrected chi connectivity index (χ0v) is 12.8. The first-order valence-corrected chi connectivity index (χ1v) is 7.23. The van der Waals surface area contributed by atoms with Crippen LogP contribution in [-0.2, 0) is 0 Å². The molecule has 0 aromatic carbocycles. The van der Waals surface area contributed by atoms with Crippen molar-refractivity contribution in [1.29, 1.82) is 0 Å². The molecule has 3 N–H and O–H groups in total. The average Bonchev–Trinajstić information content (AvgIpc) is 3.04. The molecule has 3 rings (SSSR count). The van der Waals surface area contributed by atoms with Gasteiger partial charge in [0.2, 0.25) is 11.1 Å². The maximum Gasteiger partial charge on any atom is 0.257 e. The molecule has 9 nitrogen and oxygen atoms in total. The number of nitrogens with two attached hydrogens (primary N) is 1. The van der Waals surface area contributed by atoms with Crippen LogP contribution in [0.3, 0.4) is 0 Å². The number of nitrogens with one attached hydrogen (secondary N) is 1. The van der Waals surface area contributed by atoms with Crippen LogP contribution in [0.25, 0.3) is 5.95 Å². The van der Waals surface area contributed by atoms with E-state index in [1.807, 2.05) is 12.1 Å². The highest BCUT2D eigenvalue weighted by Gasteiger charge is 2.11. The number of aromatic nitrogens is 7. The van der Waals surface area contributed by atoms with E-state index in [0.29, 0.717) is 11.1 Å². The molecule has 0 fully saturated rings. The number of nitrogens with zero attached hydrogens (tertiary/aromatic N) is 7. The van der Waals surface area contributed by atoms with Gasteiger partial charge in [0.15, 0.2) is 0 Å². The summed E-state index contributed by atoms with van der Waals surface area (Å²) >= 11 is 4.70. The topological polar surface area (TPSA) is 120 Å². The van der Waals surface area contributed by atoms with Gasteiger partial charge in [-0.3, -0.25) is 5.43 Å². The monoisotopic (exact) mass is 365 g/mol. The van der Waals surface area contributed by atoms with E-state index in [-0.39, 0.29) is 5.95 Å². The summed E-state index contributed by atoms with van der Waals surface area (Å²) < 4.78 is 2.26. The first kappa shape index (κ1) is 13.9. The van der Waals surface area contributed by atoms with Gasteiger partial charge in [-0.05, 0) is 39.8 Å². The molecule has 0 unspecified atom stereocenters. The summed E-state index contributed by atoms with van der Waals surface area (Å²) in [6, 6.07) is 3.71. The summed E-state index contributed by atoms with van der Waals surface area (Å²) in [7, 11) is 0. The number of halogens is 1. The molecule has 0 spiro atoms. The van der Waals surface area contributed by atoms with Crippen molar-refractivity contribution in [2.45, 2.75) is 10.2 Å². The van der Waals surface area contributed by atoms with Crippen molar-refractivity contribution >= 4 is 33.6 Å². The number of hydrogen-bond acceptors (Lipinski definition) is 9. The lowest BCUT2D eigenvalue weighted by Gasteiger charge is -2.06. The Hall–Kier alpha value is -2.11. The number of hydrazine groups is 1. The second kappa shape index (κ2) is 6.11. The number of rotatable bonds is 4. The molecule has 0 atom stereocenters. The number of pyridine rings is 1. The van der Waals surface area contributed by atoms with Crippen LogP contribution in [0.1, 0.15) is 0 Å². The Labute approximate surface area is 131 Å². The summed E-state index contributed by atoms with van der Waals surface area (Å²) in [5.74, 6) is 5.92. The normalized spacial score (nSPS) is 10.6. The van der Waals surface area contributed by atoms with Gasteiger partial charge in [0.1, 0.15) is 17.7 Å². The van der Waals surface area contributed by atoms with Crippen LogP contribution in [0.5, 0.6) is 0 Å². The smallest absolute Gasteiger partial charge is 0.257 e. The van der Waals surface area contributed by atoms with E-state index in [4.69, 9.17) is 5.84 Å². The van der Waals surface area contributed by atoms with Crippen LogP contribution in [0.2, 0.25) is 0 Å². The zero-order chi connectivity index (χ0) is 14.7. The van der Waals surface area contributed by atoms with Crippen molar-refractivity contribution in [2.75, 3.05) is 5.43 Å². The average molecular weight is 366 g/mol. The molecule has 0 aliphatic rings. The first-order chi connectivity index (χ1) is 10.3. The van der Waals surface area contributed by atoms with Gasteiger partial charge in [-0.1, -0.05) is 0 Å². The molecule has 0 radical (unpaired) electrons. The molecule has 0 saturated carbocycles. The van der Waals surface area contributed by atoms with Crippen molar-refractivity contribution in [3.05, 3.63) is 35.5 Å². The number of anilines is 1. The highest BCUT2D eigenvalue weighted by Crippen LogP contribution is 2.29. The van der Waals surface area contributed by atoms with Gasteiger partial charge in [0.05, 0.1) is 4.47 Å². The zero-order valence-electron chi connectivity index (χ0n) is 10.4. The predicted molar refractivity (Wildman–Crippen MR) is 78.6 cm³/mol. The maximum absolute atomic E-state index is 5.38. The minimum Gasteiger partial charge on any atom is -0.292 e. The standard InChI is InChI=1S/C10H8BrN9S/c11-6-2-1-3-14-7(6)21-10-17-8(19-12)16-9(18-10)20-5-13-4-15-20/h1-5H,12H2,(H,16,17,18,19). The summed E-state index contributed by atoms with van der Waals surface area (Å²) in [5.41, 5.74) is 2.40. The van der Waals surface area contributed by atoms with E-state index >= 15 is 0 Å². The molecule has 0 saturated heterocycles. The van der Waals surface area contributed by atoms with Gasteiger partial charge < -0.3 is 0 Å². The third-order valence-corrected chi connectivity index (χ3v) is 4.05. The van der Waals surface area contributed by atoms with Gasteiger partial charge in [0.25, 0.3) is 5.95 Å². The van der Waals surface area contributed by atoms with E-state index in [1.165, 1.54) is 29.1 Å². The minimum atomic E-state index is 0.227. The van der Waals surface area contributed by atoms with E-state index in [2.05, 4.69) is 51.4 Å². The summed E-state index contributed by atoms with van der Waals surface area (Å²) in [4.78, 5) is 20.7. The first-order valence-electron chi connectivity index (χ1n) is 5.62. The largest absolute Gasteiger partial charge is 0.292 e. The molecule has 0 aliphatic carbocycles. The van der Waals surface area contributed by atoms with Crippen LogP contribution in [0.4, 0.5) is 5.95 Å². The van der Waals surface area contributed by atoms with Crippen LogP contribution in [-0.4, -0.2) is 34.7 Å². The van der Waals surface area contributed by atoms with Gasteiger partial charge in [-0.15, -0.1) is 0 Å². The number of hydrogen-bond donors (Lipinski definition) is 2. The fourth-order valence-corrected chi connectivity index (χ4v) is 2.61.